The Kier molecular flexibility index (Phi) is 4.91. The van der Waals surface area contributed by atoms with Crippen LogP contribution in [0.3, 0.4) is 0 Å². The zero-order chi connectivity index (χ0) is 21.4. The lowest BCUT2D eigenvalue weighted by Crippen LogP contribution is -2.47. The maximum absolute atomic E-state index is 14.0. The van der Waals surface area contributed by atoms with Gasteiger partial charge in [0.2, 0.25) is 5.82 Å². The van der Waals surface area contributed by atoms with E-state index < -0.39 is 0 Å². The van der Waals surface area contributed by atoms with Gasteiger partial charge in [-0.1, -0.05) is 12.1 Å². The van der Waals surface area contributed by atoms with E-state index in [9.17, 15) is 4.39 Å². The van der Waals surface area contributed by atoms with E-state index in [0.29, 0.717) is 41.1 Å². The molecule has 4 aromatic rings. The average Bonchev–Trinajstić information content (AvgIpc) is 3.44. The topological polar surface area (TPSA) is 115 Å². The Morgan fingerprint density at radius 3 is 2.55 bits per heavy atom. The van der Waals surface area contributed by atoms with Gasteiger partial charge in [-0.3, -0.25) is 4.90 Å². The predicted octanol–water partition coefficient (Wildman–Crippen LogP) is 2.05. The van der Waals surface area contributed by atoms with Crippen LogP contribution in [0.25, 0.3) is 17.4 Å². The number of hydrogen-bond acceptors (Lipinski definition) is 8. The van der Waals surface area contributed by atoms with Gasteiger partial charge >= 0.3 is 0 Å². The Hall–Kier alpha value is -3.66. The molecule has 1 aromatic carbocycles. The Balaban J connectivity index is 1.27. The Morgan fingerprint density at radius 2 is 1.81 bits per heavy atom. The SMILES string of the molecule is Nc1nc2nc(-c3ccco3)nn2c(N)c1CCN1CCN(c2ccccc2F)CC1. The van der Waals surface area contributed by atoms with Crippen LogP contribution in [0.15, 0.2) is 47.1 Å². The molecule has 9 nitrogen and oxygen atoms in total. The average molecular weight is 422 g/mol. The summed E-state index contributed by atoms with van der Waals surface area (Å²) in [5.41, 5.74) is 13.9. The molecule has 0 bridgehead atoms. The van der Waals surface area contributed by atoms with Crippen molar-refractivity contribution < 1.29 is 8.81 Å². The van der Waals surface area contributed by atoms with Crippen molar-refractivity contribution in [2.45, 2.75) is 6.42 Å². The van der Waals surface area contributed by atoms with Gasteiger partial charge < -0.3 is 20.8 Å². The number of nitrogen functional groups attached to an aromatic ring is 2. The zero-order valence-corrected chi connectivity index (χ0v) is 16.9. The van der Waals surface area contributed by atoms with Crippen LogP contribution in [0.2, 0.25) is 0 Å². The predicted molar refractivity (Wildman–Crippen MR) is 116 cm³/mol. The number of para-hydroxylation sites is 1. The molecule has 3 aromatic heterocycles. The molecular formula is C21H23FN8O. The zero-order valence-electron chi connectivity index (χ0n) is 16.9. The summed E-state index contributed by atoms with van der Waals surface area (Å²) in [5, 5.41) is 4.42. The summed E-state index contributed by atoms with van der Waals surface area (Å²) in [6, 6.07) is 10.4. The molecule has 1 fully saturated rings. The lowest BCUT2D eigenvalue weighted by atomic mass is 10.1. The van der Waals surface area contributed by atoms with Crippen molar-refractivity contribution >= 4 is 23.1 Å². The van der Waals surface area contributed by atoms with Gasteiger partial charge in [0.05, 0.1) is 12.0 Å². The highest BCUT2D eigenvalue weighted by atomic mass is 19.1. The largest absolute Gasteiger partial charge is 0.461 e. The molecule has 160 valence electrons. The molecule has 4 heterocycles. The minimum absolute atomic E-state index is 0.183. The van der Waals surface area contributed by atoms with E-state index in [0.717, 1.165) is 38.3 Å². The number of anilines is 3. The number of nitrogens with zero attached hydrogens (tertiary/aromatic N) is 6. The van der Waals surface area contributed by atoms with Gasteiger partial charge in [-0.15, -0.1) is 5.10 Å². The number of aromatic nitrogens is 4. The summed E-state index contributed by atoms with van der Waals surface area (Å²) in [4.78, 5) is 13.1. The number of furan rings is 1. The van der Waals surface area contributed by atoms with Crippen LogP contribution in [0.1, 0.15) is 5.56 Å². The van der Waals surface area contributed by atoms with Crippen LogP contribution in [0.4, 0.5) is 21.7 Å². The van der Waals surface area contributed by atoms with Crippen LogP contribution in [0.5, 0.6) is 0 Å². The summed E-state index contributed by atoms with van der Waals surface area (Å²) in [6.45, 7) is 3.95. The molecule has 31 heavy (non-hydrogen) atoms. The van der Waals surface area contributed by atoms with Crippen LogP contribution in [-0.4, -0.2) is 57.2 Å². The van der Waals surface area contributed by atoms with Crippen molar-refractivity contribution in [3.05, 3.63) is 54.0 Å². The third kappa shape index (κ3) is 3.66. The fourth-order valence-corrected chi connectivity index (χ4v) is 3.93. The summed E-state index contributed by atoms with van der Waals surface area (Å²) < 4.78 is 20.9. The Bertz CT molecular complexity index is 1200. The molecule has 0 atom stereocenters. The molecule has 0 unspecified atom stereocenters. The van der Waals surface area contributed by atoms with Gasteiger partial charge in [0.15, 0.2) is 5.76 Å². The van der Waals surface area contributed by atoms with E-state index in [2.05, 4.69) is 24.9 Å². The van der Waals surface area contributed by atoms with Crippen molar-refractivity contribution in [1.82, 2.24) is 24.5 Å². The molecule has 5 rings (SSSR count). The molecule has 1 aliphatic heterocycles. The Labute approximate surface area is 178 Å². The second kappa shape index (κ2) is 7.88. The van der Waals surface area contributed by atoms with Crippen molar-refractivity contribution in [2.24, 2.45) is 0 Å². The molecule has 4 N–H and O–H groups in total. The summed E-state index contributed by atoms with van der Waals surface area (Å²) in [5.74, 6) is 1.88. The third-order valence-corrected chi connectivity index (χ3v) is 5.64. The van der Waals surface area contributed by atoms with Gasteiger partial charge in [-0.05, 0) is 30.7 Å². The quantitative estimate of drug-likeness (QED) is 0.502. The molecule has 0 aliphatic carbocycles. The van der Waals surface area contributed by atoms with Crippen molar-refractivity contribution in [2.75, 3.05) is 49.1 Å². The summed E-state index contributed by atoms with van der Waals surface area (Å²) in [6.07, 6.45) is 2.19. The minimum atomic E-state index is -0.183. The lowest BCUT2D eigenvalue weighted by molar-refractivity contribution is 0.260. The second-order valence-corrected chi connectivity index (χ2v) is 7.52. The van der Waals surface area contributed by atoms with E-state index in [1.54, 1.807) is 24.5 Å². The molecule has 1 saturated heterocycles. The molecule has 1 aliphatic rings. The maximum Gasteiger partial charge on any atom is 0.256 e. The standard InChI is InChI=1S/C21H23FN8O/c22-15-4-1-2-5-16(15)29-11-9-28(10-12-29)8-7-14-18(23)25-21-26-20(17-6-3-13-31-17)27-30(21)19(14)24/h1-6,13H,7-12,24H2,(H2,23,25,26,27). The fourth-order valence-electron chi connectivity index (χ4n) is 3.93. The monoisotopic (exact) mass is 422 g/mol. The molecule has 0 amide bonds. The number of rotatable bonds is 5. The van der Waals surface area contributed by atoms with Crippen molar-refractivity contribution in [1.29, 1.82) is 0 Å². The first-order chi connectivity index (χ1) is 15.1. The Morgan fingerprint density at radius 1 is 1.00 bits per heavy atom. The molecule has 10 heteroatoms. The lowest BCUT2D eigenvalue weighted by Gasteiger charge is -2.36. The van der Waals surface area contributed by atoms with E-state index in [4.69, 9.17) is 15.9 Å². The number of fused-ring (bicyclic) bond motifs is 1. The van der Waals surface area contributed by atoms with Gasteiger partial charge in [0.25, 0.3) is 5.78 Å². The number of halogens is 1. The van der Waals surface area contributed by atoms with Crippen molar-refractivity contribution in [3.63, 3.8) is 0 Å². The fraction of sp³-hybridized carbons (Fsp3) is 0.286. The van der Waals surface area contributed by atoms with Crippen molar-refractivity contribution in [3.8, 4) is 11.6 Å². The van der Waals surface area contributed by atoms with Gasteiger partial charge in [0, 0.05) is 38.3 Å². The maximum atomic E-state index is 14.0. The van der Waals surface area contributed by atoms with E-state index in [-0.39, 0.29) is 5.82 Å². The molecule has 0 spiro atoms. The molecule has 0 saturated carbocycles. The van der Waals surface area contributed by atoms with E-state index in [1.165, 1.54) is 10.6 Å². The van der Waals surface area contributed by atoms with Crippen LogP contribution in [-0.2, 0) is 6.42 Å². The van der Waals surface area contributed by atoms with Crippen LogP contribution < -0.4 is 16.4 Å². The number of nitrogens with two attached hydrogens (primary N) is 2. The smallest absolute Gasteiger partial charge is 0.256 e. The van der Waals surface area contributed by atoms with Crippen LogP contribution >= 0.6 is 0 Å². The minimum Gasteiger partial charge on any atom is -0.461 e. The van der Waals surface area contributed by atoms with Gasteiger partial charge in [-0.25, -0.2) is 4.39 Å². The van der Waals surface area contributed by atoms with Gasteiger partial charge in [0.1, 0.15) is 17.5 Å². The van der Waals surface area contributed by atoms with E-state index in [1.807, 2.05) is 12.1 Å². The van der Waals surface area contributed by atoms with Gasteiger partial charge in [-0.2, -0.15) is 14.5 Å². The highest BCUT2D eigenvalue weighted by molar-refractivity contribution is 5.61. The van der Waals surface area contributed by atoms with Crippen LogP contribution in [0, 0.1) is 5.82 Å². The molecular weight excluding hydrogens is 399 g/mol. The first kappa shape index (κ1) is 19.3. The first-order valence-corrected chi connectivity index (χ1v) is 10.2. The molecule has 0 radical (unpaired) electrons. The number of piperazine rings is 1. The number of hydrogen-bond donors (Lipinski definition) is 2. The highest BCUT2D eigenvalue weighted by Crippen LogP contribution is 2.24. The second-order valence-electron chi connectivity index (χ2n) is 7.52. The number of benzene rings is 1. The first-order valence-electron chi connectivity index (χ1n) is 10.2. The normalized spacial score (nSPS) is 15.1. The summed E-state index contributed by atoms with van der Waals surface area (Å²) >= 11 is 0. The third-order valence-electron chi connectivity index (χ3n) is 5.64. The van der Waals surface area contributed by atoms with E-state index >= 15 is 0 Å². The highest BCUT2D eigenvalue weighted by Gasteiger charge is 2.21. The summed E-state index contributed by atoms with van der Waals surface area (Å²) in [7, 11) is 0.